The summed E-state index contributed by atoms with van der Waals surface area (Å²) in [4.78, 5) is 25.3. The molecular weight excluding hydrogens is 476 g/mol. The fourth-order valence-corrected chi connectivity index (χ4v) is 5.51. The molecule has 7 heteroatoms. The number of carbonyl (C=O) groups is 2. The molecule has 4 rings (SSSR count). The van der Waals surface area contributed by atoms with E-state index in [0.717, 1.165) is 37.8 Å². The van der Waals surface area contributed by atoms with Crippen LogP contribution in [0.2, 0.25) is 0 Å². The number of hydrogen-bond acceptors (Lipinski definition) is 5. The van der Waals surface area contributed by atoms with Crippen molar-refractivity contribution in [2.24, 2.45) is 5.73 Å². The van der Waals surface area contributed by atoms with Gasteiger partial charge >= 0.3 is 0 Å². The first-order chi connectivity index (χ1) is 14.9. The van der Waals surface area contributed by atoms with Crippen LogP contribution in [0.5, 0.6) is 5.75 Å². The van der Waals surface area contributed by atoms with Gasteiger partial charge in [-0.25, -0.2) is 0 Å². The van der Waals surface area contributed by atoms with Crippen molar-refractivity contribution in [1.29, 1.82) is 0 Å². The van der Waals surface area contributed by atoms with E-state index in [4.69, 9.17) is 10.5 Å². The number of primary amides is 1. The molecule has 1 aliphatic heterocycles. The molecule has 0 aliphatic carbocycles. The van der Waals surface area contributed by atoms with Crippen molar-refractivity contribution in [1.82, 2.24) is 4.90 Å². The number of piperidine rings is 1. The van der Waals surface area contributed by atoms with E-state index in [-0.39, 0.29) is 0 Å². The SMILES string of the molecule is COc1cc2c(C(N)=O)c(C)sc2cc1Br.O=Cc1ccc(CN2CCCCC2)cc1. The van der Waals surface area contributed by atoms with Crippen LogP contribution in [-0.2, 0) is 6.54 Å². The number of carbonyl (C=O) groups excluding carboxylic acids is 2. The third kappa shape index (κ3) is 5.93. The number of hydrogen-bond donors (Lipinski definition) is 1. The number of rotatable bonds is 5. The number of nitrogens with two attached hydrogens (primary N) is 1. The highest BCUT2D eigenvalue weighted by Crippen LogP contribution is 2.37. The summed E-state index contributed by atoms with van der Waals surface area (Å²) >= 11 is 4.97. The largest absolute Gasteiger partial charge is 0.496 e. The maximum absolute atomic E-state index is 11.4. The van der Waals surface area contributed by atoms with E-state index >= 15 is 0 Å². The normalized spacial score (nSPS) is 14.0. The average molecular weight is 503 g/mol. The fourth-order valence-electron chi connectivity index (χ4n) is 3.76. The van der Waals surface area contributed by atoms with Gasteiger partial charge in [-0.2, -0.15) is 0 Å². The van der Waals surface area contributed by atoms with E-state index in [1.807, 2.05) is 31.2 Å². The quantitative estimate of drug-likeness (QED) is 0.463. The van der Waals surface area contributed by atoms with Crippen molar-refractivity contribution in [3.8, 4) is 5.75 Å². The Kier molecular flexibility index (Phi) is 8.23. The monoisotopic (exact) mass is 502 g/mol. The van der Waals surface area contributed by atoms with E-state index < -0.39 is 5.91 Å². The van der Waals surface area contributed by atoms with Crippen molar-refractivity contribution in [3.05, 3.63) is 62.4 Å². The first-order valence-corrected chi connectivity index (χ1v) is 11.9. The Morgan fingerprint density at radius 3 is 2.45 bits per heavy atom. The molecule has 5 nitrogen and oxygen atoms in total. The van der Waals surface area contributed by atoms with Crippen molar-refractivity contribution in [2.75, 3.05) is 20.2 Å². The van der Waals surface area contributed by atoms with Crippen molar-refractivity contribution in [2.45, 2.75) is 32.7 Å². The third-order valence-electron chi connectivity index (χ3n) is 5.36. The zero-order valence-electron chi connectivity index (χ0n) is 17.8. The number of amides is 1. The van der Waals surface area contributed by atoms with E-state index in [2.05, 4.69) is 33.0 Å². The predicted molar refractivity (Wildman–Crippen MR) is 130 cm³/mol. The summed E-state index contributed by atoms with van der Waals surface area (Å²) < 4.78 is 7.10. The van der Waals surface area contributed by atoms with Gasteiger partial charge in [0.05, 0.1) is 17.1 Å². The Bertz CT molecular complexity index is 1060. The molecule has 0 spiro atoms. The minimum Gasteiger partial charge on any atom is -0.496 e. The maximum atomic E-state index is 11.4. The molecule has 0 radical (unpaired) electrons. The van der Waals surface area contributed by atoms with Crippen LogP contribution in [0.25, 0.3) is 10.1 Å². The van der Waals surface area contributed by atoms with E-state index in [0.29, 0.717) is 11.3 Å². The molecule has 2 N–H and O–H groups in total. The molecule has 3 aromatic rings. The van der Waals surface area contributed by atoms with Crippen molar-refractivity contribution < 1.29 is 14.3 Å². The molecule has 2 aromatic carbocycles. The highest BCUT2D eigenvalue weighted by atomic mass is 79.9. The van der Waals surface area contributed by atoms with Crippen LogP contribution in [0.1, 0.15) is 50.4 Å². The predicted octanol–water partition coefficient (Wildman–Crippen LogP) is 5.56. The Morgan fingerprint density at radius 2 is 1.87 bits per heavy atom. The summed E-state index contributed by atoms with van der Waals surface area (Å²) in [6.45, 7) is 5.36. The second kappa shape index (κ2) is 10.9. The highest BCUT2D eigenvalue weighted by Gasteiger charge is 2.16. The van der Waals surface area contributed by atoms with Gasteiger partial charge in [0.1, 0.15) is 12.0 Å². The molecular formula is C24H27BrN2O3S. The second-order valence-electron chi connectivity index (χ2n) is 7.58. The molecule has 164 valence electrons. The number of benzene rings is 2. The lowest BCUT2D eigenvalue weighted by molar-refractivity contribution is 0.100. The number of fused-ring (bicyclic) bond motifs is 1. The number of aldehydes is 1. The van der Waals surface area contributed by atoms with Gasteiger partial charge in [0.2, 0.25) is 5.91 Å². The number of halogens is 1. The van der Waals surface area contributed by atoms with Crippen molar-refractivity contribution >= 4 is 49.5 Å². The molecule has 31 heavy (non-hydrogen) atoms. The Balaban J connectivity index is 0.000000176. The smallest absolute Gasteiger partial charge is 0.250 e. The van der Waals surface area contributed by atoms with Crippen LogP contribution in [0.3, 0.4) is 0 Å². The van der Waals surface area contributed by atoms with Crippen molar-refractivity contribution in [3.63, 3.8) is 0 Å². The molecule has 2 heterocycles. The molecule has 1 aromatic heterocycles. The molecule has 0 saturated carbocycles. The molecule has 1 saturated heterocycles. The zero-order valence-corrected chi connectivity index (χ0v) is 20.2. The summed E-state index contributed by atoms with van der Waals surface area (Å²) in [7, 11) is 1.59. The summed E-state index contributed by atoms with van der Waals surface area (Å²) in [6, 6.07) is 11.7. The van der Waals surface area contributed by atoms with Gasteiger partial charge in [-0.3, -0.25) is 14.5 Å². The van der Waals surface area contributed by atoms with Gasteiger partial charge in [0.25, 0.3) is 0 Å². The maximum Gasteiger partial charge on any atom is 0.250 e. The van der Waals surface area contributed by atoms with Gasteiger partial charge in [0, 0.05) is 27.1 Å². The first-order valence-electron chi connectivity index (χ1n) is 10.3. The molecule has 1 aliphatic rings. The number of aryl methyl sites for hydroxylation is 1. The Labute approximate surface area is 195 Å². The molecule has 0 unspecified atom stereocenters. The lowest BCUT2D eigenvalue weighted by Gasteiger charge is -2.26. The lowest BCUT2D eigenvalue weighted by atomic mass is 10.1. The van der Waals surface area contributed by atoms with E-state index in [1.165, 1.54) is 37.9 Å². The fraction of sp³-hybridized carbons (Fsp3) is 0.333. The lowest BCUT2D eigenvalue weighted by Crippen LogP contribution is -2.29. The number of methoxy groups -OCH3 is 1. The molecule has 0 atom stereocenters. The molecule has 0 bridgehead atoms. The summed E-state index contributed by atoms with van der Waals surface area (Å²) in [5.41, 5.74) is 8.03. The Hall–Kier alpha value is -2.22. The summed E-state index contributed by atoms with van der Waals surface area (Å²) in [5.74, 6) is 0.306. The van der Waals surface area contributed by atoms with Gasteiger partial charge < -0.3 is 10.5 Å². The van der Waals surface area contributed by atoms with Crippen LogP contribution in [-0.4, -0.2) is 37.3 Å². The minimum absolute atomic E-state index is 0.395. The zero-order chi connectivity index (χ0) is 22.4. The van der Waals surface area contributed by atoms with Gasteiger partial charge in [-0.15, -0.1) is 11.3 Å². The van der Waals surface area contributed by atoms with Crippen LogP contribution >= 0.6 is 27.3 Å². The Morgan fingerprint density at radius 1 is 1.19 bits per heavy atom. The second-order valence-corrected chi connectivity index (χ2v) is 9.69. The van der Waals surface area contributed by atoms with E-state index in [9.17, 15) is 9.59 Å². The number of ether oxygens (including phenoxy) is 1. The number of nitrogens with zero attached hydrogens (tertiary/aromatic N) is 1. The van der Waals surface area contributed by atoms with Crippen LogP contribution in [0.4, 0.5) is 0 Å². The van der Waals surface area contributed by atoms with Gasteiger partial charge in [-0.1, -0.05) is 30.7 Å². The highest BCUT2D eigenvalue weighted by molar-refractivity contribution is 9.10. The van der Waals surface area contributed by atoms with Crippen LogP contribution < -0.4 is 10.5 Å². The third-order valence-corrected chi connectivity index (χ3v) is 7.04. The van der Waals surface area contributed by atoms with Crippen LogP contribution in [0.15, 0.2) is 40.9 Å². The van der Waals surface area contributed by atoms with Gasteiger partial charge in [0.15, 0.2) is 0 Å². The average Bonchev–Trinajstić information content (AvgIpc) is 3.09. The molecule has 1 amide bonds. The summed E-state index contributed by atoms with van der Waals surface area (Å²) in [6.07, 6.45) is 4.92. The minimum atomic E-state index is -0.395. The summed E-state index contributed by atoms with van der Waals surface area (Å²) in [5, 5.41) is 0.857. The standard InChI is InChI=1S/C13H17NO.C11H10BrNO2S/c15-11-13-6-4-12(5-7-13)10-14-8-2-1-3-9-14;1-5-10(11(13)14)6-3-8(15-2)7(12)4-9(6)16-5/h4-7,11H,1-3,8-10H2;3-4H,1-2H3,(H2,13,14). The van der Waals surface area contributed by atoms with Gasteiger partial charge in [-0.05, 0) is 66.5 Å². The topological polar surface area (TPSA) is 72.6 Å². The molecule has 1 fully saturated rings. The van der Waals surface area contributed by atoms with E-state index in [1.54, 1.807) is 18.4 Å². The number of thiophene rings is 1. The first kappa shape index (κ1) is 23.4. The van der Waals surface area contributed by atoms with Crippen LogP contribution in [0, 0.1) is 6.92 Å². The number of likely N-dealkylation sites (tertiary alicyclic amines) is 1.